The number of anilines is 1. The van der Waals surface area contributed by atoms with Gasteiger partial charge in [0.25, 0.3) is 0 Å². The first-order valence-corrected chi connectivity index (χ1v) is 5.47. The molecule has 16 heavy (non-hydrogen) atoms. The molecule has 2 rings (SSSR count). The maximum atomic E-state index is 5.70. The molecule has 0 saturated carbocycles. The zero-order valence-electron chi connectivity index (χ0n) is 9.35. The SMILES string of the molecule is CC(N)CCNc1cnnc2ccccc12. The van der Waals surface area contributed by atoms with Crippen molar-refractivity contribution in [2.45, 2.75) is 19.4 Å². The van der Waals surface area contributed by atoms with E-state index in [0.29, 0.717) is 0 Å². The van der Waals surface area contributed by atoms with Crippen molar-refractivity contribution in [3.63, 3.8) is 0 Å². The number of nitrogens with zero attached hydrogens (tertiary/aromatic N) is 2. The molecule has 1 unspecified atom stereocenters. The molecule has 0 aliphatic rings. The second kappa shape index (κ2) is 4.90. The average Bonchev–Trinajstić information content (AvgIpc) is 2.29. The van der Waals surface area contributed by atoms with Gasteiger partial charge in [-0.05, 0) is 19.4 Å². The number of nitrogens with two attached hydrogens (primary N) is 1. The molecule has 4 nitrogen and oxygen atoms in total. The summed E-state index contributed by atoms with van der Waals surface area (Å²) in [6.45, 7) is 2.86. The Morgan fingerprint density at radius 2 is 2.19 bits per heavy atom. The van der Waals surface area contributed by atoms with Crippen molar-refractivity contribution in [1.29, 1.82) is 0 Å². The van der Waals surface area contributed by atoms with Crippen LogP contribution < -0.4 is 11.1 Å². The molecule has 4 heteroatoms. The minimum Gasteiger partial charge on any atom is -0.383 e. The predicted molar refractivity (Wildman–Crippen MR) is 66.3 cm³/mol. The van der Waals surface area contributed by atoms with Crippen LogP contribution >= 0.6 is 0 Å². The lowest BCUT2D eigenvalue weighted by Gasteiger charge is -2.09. The van der Waals surface area contributed by atoms with Gasteiger partial charge in [-0.2, -0.15) is 10.2 Å². The van der Waals surface area contributed by atoms with E-state index >= 15 is 0 Å². The predicted octanol–water partition coefficient (Wildman–Crippen LogP) is 1.78. The van der Waals surface area contributed by atoms with Crippen LogP contribution in [0.25, 0.3) is 10.9 Å². The highest BCUT2D eigenvalue weighted by Gasteiger charge is 2.01. The molecule has 0 saturated heterocycles. The van der Waals surface area contributed by atoms with Gasteiger partial charge in [0, 0.05) is 18.0 Å². The van der Waals surface area contributed by atoms with Crippen molar-refractivity contribution in [3.8, 4) is 0 Å². The summed E-state index contributed by atoms with van der Waals surface area (Å²) in [4.78, 5) is 0. The van der Waals surface area contributed by atoms with Gasteiger partial charge in [-0.15, -0.1) is 0 Å². The third-order valence-electron chi connectivity index (χ3n) is 2.46. The Morgan fingerprint density at radius 1 is 1.38 bits per heavy atom. The van der Waals surface area contributed by atoms with E-state index < -0.39 is 0 Å². The first-order valence-electron chi connectivity index (χ1n) is 5.47. The number of hydrogen-bond acceptors (Lipinski definition) is 4. The van der Waals surface area contributed by atoms with Crippen molar-refractivity contribution >= 4 is 16.6 Å². The van der Waals surface area contributed by atoms with Gasteiger partial charge in [0.05, 0.1) is 17.4 Å². The van der Waals surface area contributed by atoms with E-state index in [2.05, 4.69) is 15.5 Å². The van der Waals surface area contributed by atoms with Crippen LogP contribution in [0.4, 0.5) is 5.69 Å². The minimum atomic E-state index is 0.216. The molecule has 1 aromatic heterocycles. The Hall–Kier alpha value is -1.68. The van der Waals surface area contributed by atoms with Crippen LogP contribution in [-0.4, -0.2) is 22.8 Å². The Balaban J connectivity index is 2.17. The van der Waals surface area contributed by atoms with Gasteiger partial charge in [-0.1, -0.05) is 18.2 Å². The summed E-state index contributed by atoms with van der Waals surface area (Å²) in [7, 11) is 0. The smallest absolute Gasteiger partial charge is 0.0950 e. The molecule has 0 radical (unpaired) electrons. The van der Waals surface area contributed by atoms with E-state index in [9.17, 15) is 0 Å². The molecule has 84 valence electrons. The highest BCUT2D eigenvalue weighted by molar-refractivity contribution is 5.90. The van der Waals surface area contributed by atoms with Crippen LogP contribution in [0.15, 0.2) is 30.5 Å². The summed E-state index contributed by atoms with van der Waals surface area (Å²) in [5.74, 6) is 0. The summed E-state index contributed by atoms with van der Waals surface area (Å²) >= 11 is 0. The maximum Gasteiger partial charge on any atom is 0.0950 e. The zero-order valence-corrected chi connectivity index (χ0v) is 9.35. The van der Waals surface area contributed by atoms with E-state index in [0.717, 1.165) is 29.6 Å². The maximum absolute atomic E-state index is 5.70. The van der Waals surface area contributed by atoms with E-state index in [1.165, 1.54) is 0 Å². The lowest BCUT2D eigenvalue weighted by atomic mass is 10.2. The molecule has 0 fully saturated rings. The molecule has 1 aromatic carbocycles. The standard InChI is InChI=1S/C12H16N4/c1-9(13)6-7-14-12-8-15-16-11-5-3-2-4-10(11)12/h2-5,8-9H,6-7,13H2,1H3,(H,14,16). The first kappa shape index (κ1) is 10.8. The van der Waals surface area contributed by atoms with Crippen molar-refractivity contribution < 1.29 is 0 Å². The third-order valence-corrected chi connectivity index (χ3v) is 2.46. The number of nitrogens with one attached hydrogen (secondary N) is 1. The molecule has 1 atom stereocenters. The summed E-state index contributed by atoms with van der Waals surface area (Å²) in [5.41, 5.74) is 7.63. The van der Waals surface area contributed by atoms with E-state index in [1.54, 1.807) is 6.20 Å². The molecule has 0 amide bonds. The van der Waals surface area contributed by atoms with E-state index in [1.807, 2.05) is 31.2 Å². The van der Waals surface area contributed by atoms with Crippen LogP contribution in [0, 0.1) is 0 Å². The van der Waals surface area contributed by atoms with Crippen molar-refractivity contribution in [2.24, 2.45) is 5.73 Å². The van der Waals surface area contributed by atoms with Crippen LogP contribution in [0.1, 0.15) is 13.3 Å². The van der Waals surface area contributed by atoms with E-state index in [-0.39, 0.29) is 6.04 Å². The van der Waals surface area contributed by atoms with Gasteiger partial charge in [0.2, 0.25) is 0 Å². The molecule has 2 aromatic rings. The van der Waals surface area contributed by atoms with Crippen LogP contribution in [0.3, 0.4) is 0 Å². The zero-order chi connectivity index (χ0) is 11.4. The van der Waals surface area contributed by atoms with Crippen molar-refractivity contribution in [2.75, 3.05) is 11.9 Å². The Kier molecular flexibility index (Phi) is 3.31. The van der Waals surface area contributed by atoms with Gasteiger partial charge in [-0.3, -0.25) is 0 Å². The summed E-state index contributed by atoms with van der Waals surface area (Å²) < 4.78 is 0. The molecule has 3 N–H and O–H groups in total. The molecule has 0 aliphatic carbocycles. The fraction of sp³-hybridized carbons (Fsp3) is 0.333. The number of hydrogen-bond donors (Lipinski definition) is 2. The summed E-state index contributed by atoms with van der Waals surface area (Å²) in [6, 6.07) is 8.18. The van der Waals surface area contributed by atoms with E-state index in [4.69, 9.17) is 5.73 Å². The molecule has 0 aliphatic heterocycles. The van der Waals surface area contributed by atoms with Crippen LogP contribution in [0.2, 0.25) is 0 Å². The fourth-order valence-electron chi connectivity index (χ4n) is 1.58. The normalized spacial score (nSPS) is 12.6. The van der Waals surface area contributed by atoms with Gasteiger partial charge < -0.3 is 11.1 Å². The molecular weight excluding hydrogens is 200 g/mol. The quantitative estimate of drug-likeness (QED) is 0.817. The Bertz CT molecular complexity index is 462. The number of aromatic nitrogens is 2. The van der Waals surface area contributed by atoms with Crippen molar-refractivity contribution in [1.82, 2.24) is 10.2 Å². The summed E-state index contributed by atoms with van der Waals surface area (Å²) in [6.07, 6.45) is 2.69. The highest BCUT2D eigenvalue weighted by Crippen LogP contribution is 2.19. The lowest BCUT2D eigenvalue weighted by molar-refractivity contribution is 0.690. The summed E-state index contributed by atoms with van der Waals surface area (Å²) in [5, 5.41) is 12.5. The van der Waals surface area contributed by atoms with Crippen molar-refractivity contribution in [3.05, 3.63) is 30.5 Å². The lowest BCUT2D eigenvalue weighted by Crippen LogP contribution is -2.19. The number of benzene rings is 1. The van der Waals surface area contributed by atoms with Gasteiger partial charge in [-0.25, -0.2) is 0 Å². The van der Waals surface area contributed by atoms with Crippen LogP contribution in [-0.2, 0) is 0 Å². The highest BCUT2D eigenvalue weighted by atomic mass is 15.1. The Labute approximate surface area is 94.9 Å². The molecule has 0 bridgehead atoms. The van der Waals surface area contributed by atoms with Crippen LogP contribution in [0.5, 0.6) is 0 Å². The second-order valence-electron chi connectivity index (χ2n) is 3.97. The number of fused-ring (bicyclic) bond motifs is 1. The largest absolute Gasteiger partial charge is 0.383 e. The molecule has 0 spiro atoms. The average molecular weight is 216 g/mol. The topological polar surface area (TPSA) is 63.8 Å². The fourth-order valence-corrected chi connectivity index (χ4v) is 1.58. The third kappa shape index (κ3) is 2.46. The van der Waals surface area contributed by atoms with Gasteiger partial charge in [0.15, 0.2) is 0 Å². The monoisotopic (exact) mass is 216 g/mol. The second-order valence-corrected chi connectivity index (χ2v) is 3.97. The Morgan fingerprint density at radius 3 is 3.00 bits per heavy atom. The number of rotatable bonds is 4. The van der Waals surface area contributed by atoms with Gasteiger partial charge >= 0.3 is 0 Å². The first-order chi connectivity index (χ1) is 7.77. The minimum absolute atomic E-state index is 0.216. The molecule has 1 heterocycles. The molecular formula is C12H16N4. The van der Waals surface area contributed by atoms with Gasteiger partial charge in [0.1, 0.15) is 0 Å².